The number of nitrogens with zero attached hydrogens (tertiary/aromatic N) is 3. The number of amides is 1. The SMILES string of the molecule is CCCCCSC1=NN2C(=c3ccccc3=NC2c2cc(Br)c(O)c(OC)c2)C(=O)N1. The molecule has 2 heterocycles. The summed E-state index contributed by atoms with van der Waals surface area (Å²) in [6.45, 7) is 2.16. The number of halogens is 1. The number of methoxy groups -OCH3 is 1. The molecule has 4 rings (SSSR count). The highest BCUT2D eigenvalue weighted by atomic mass is 79.9. The molecule has 0 aliphatic carbocycles. The minimum atomic E-state index is -0.576. The number of phenolic OH excluding ortho intramolecular Hbond substituents is 1. The number of phenols is 1. The number of hydrogen-bond acceptors (Lipinski definition) is 7. The molecule has 0 saturated heterocycles. The van der Waals surface area contributed by atoms with Crippen molar-refractivity contribution in [2.75, 3.05) is 12.9 Å². The highest BCUT2D eigenvalue weighted by molar-refractivity contribution is 9.10. The lowest BCUT2D eigenvalue weighted by Gasteiger charge is -2.34. The van der Waals surface area contributed by atoms with Crippen LogP contribution in [0.25, 0.3) is 5.70 Å². The molecule has 2 N–H and O–H groups in total. The van der Waals surface area contributed by atoms with E-state index in [2.05, 4.69) is 28.2 Å². The molecule has 31 heavy (non-hydrogen) atoms. The molecular weight excluding hydrogens is 480 g/mol. The zero-order chi connectivity index (χ0) is 22.0. The summed E-state index contributed by atoms with van der Waals surface area (Å²) in [6.07, 6.45) is 2.76. The van der Waals surface area contributed by atoms with Crippen LogP contribution in [-0.4, -0.2) is 34.1 Å². The summed E-state index contributed by atoms with van der Waals surface area (Å²) in [6, 6.07) is 11.0. The van der Waals surface area contributed by atoms with E-state index in [1.807, 2.05) is 24.3 Å². The number of hydrazone groups is 1. The summed E-state index contributed by atoms with van der Waals surface area (Å²) >= 11 is 4.92. The van der Waals surface area contributed by atoms with E-state index >= 15 is 0 Å². The molecule has 9 heteroatoms. The summed E-state index contributed by atoms with van der Waals surface area (Å²) in [5.41, 5.74) is 1.19. The number of ether oxygens (including phenoxy) is 1. The van der Waals surface area contributed by atoms with Crippen LogP contribution in [0.3, 0.4) is 0 Å². The van der Waals surface area contributed by atoms with Gasteiger partial charge in [-0.2, -0.15) is 0 Å². The average Bonchev–Trinajstić information content (AvgIpc) is 2.77. The van der Waals surface area contributed by atoms with Crippen molar-refractivity contribution in [3.8, 4) is 11.5 Å². The van der Waals surface area contributed by atoms with Gasteiger partial charge in [0.25, 0.3) is 5.91 Å². The molecule has 7 nitrogen and oxygen atoms in total. The fraction of sp³-hybridized carbons (Fsp3) is 0.318. The van der Waals surface area contributed by atoms with Gasteiger partial charge in [-0.15, -0.1) is 5.10 Å². The molecule has 2 aromatic carbocycles. The van der Waals surface area contributed by atoms with Crippen LogP contribution < -0.4 is 20.6 Å². The first kappa shape index (κ1) is 21.7. The standard InChI is InChI=1S/C22H23BrN4O3S/c1-3-4-7-10-31-22-25-21(29)18-14-8-5-6-9-16(14)24-20(27(18)26-22)13-11-15(23)19(28)17(12-13)30-2/h5-6,8-9,11-12,20,28H,3-4,7,10H2,1-2H3,(H,25,26,29). The van der Waals surface area contributed by atoms with Gasteiger partial charge in [-0.25, -0.2) is 5.01 Å². The van der Waals surface area contributed by atoms with Crippen molar-refractivity contribution in [1.29, 1.82) is 0 Å². The Kier molecular flexibility index (Phi) is 6.52. The van der Waals surface area contributed by atoms with Crippen molar-refractivity contribution in [2.24, 2.45) is 10.1 Å². The van der Waals surface area contributed by atoms with E-state index in [1.165, 1.54) is 18.9 Å². The van der Waals surface area contributed by atoms with Crippen molar-refractivity contribution in [3.63, 3.8) is 0 Å². The van der Waals surface area contributed by atoms with Crippen molar-refractivity contribution < 1.29 is 14.6 Å². The number of aromatic hydroxyl groups is 1. The minimum Gasteiger partial charge on any atom is -0.503 e. The number of rotatable bonds is 6. The summed E-state index contributed by atoms with van der Waals surface area (Å²) < 4.78 is 5.80. The molecule has 0 aromatic heterocycles. The molecule has 2 aromatic rings. The Hall–Kier alpha value is -2.52. The highest BCUT2D eigenvalue weighted by Crippen LogP contribution is 2.40. The zero-order valence-corrected chi connectivity index (χ0v) is 19.7. The molecular formula is C22H23BrN4O3S. The van der Waals surface area contributed by atoms with Crippen LogP contribution in [0.4, 0.5) is 0 Å². The normalized spacial score (nSPS) is 17.3. The molecule has 1 amide bonds. The van der Waals surface area contributed by atoms with Gasteiger partial charge in [0, 0.05) is 16.5 Å². The molecule has 1 atom stereocenters. The third-order valence-corrected chi connectivity index (χ3v) is 6.63. The lowest BCUT2D eigenvalue weighted by atomic mass is 10.1. The lowest BCUT2D eigenvalue weighted by Crippen LogP contribution is -2.50. The van der Waals surface area contributed by atoms with Gasteiger partial charge in [0.05, 0.1) is 16.9 Å². The van der Waals surface area contributed by atoms with Gasteiger partial charge < -0.3 is 9.84 Å². The number of unbranched alkanes of at least 4 members (excludes halogenated alkanes) is 2. The fourth-order valence-corrected chi connectivity index (χ4v) is 4.84. The van der Waals surface area contributed by atoms with Crippen molar-refractivity contribution >= 4 is 44.5 Å². The predicted octanol–water partition coefficient (Wildman–Crippen LogP) is 3.23. The molecule has 0 saturated carbocycles. The number of fused-ring (bicyclic) bond motifs is 2. The summed E-state index contributed by atoms with van der Waals surface area (Å²) in [4.78, 5) is 18.0. The van der Waals surface area contributed by atoms with Gasteiger partial charge in [-0.05, 0) is 40.5 Å². The summed E-state index contributed by atoms with van der Waals surface area (Å²) in [5.74, 6) is 1.01. The van der Waals surface area contributed by atoms with Crippen molar-refractivity contribution in [1.82, 2.24) is 10.3 Å². The highest BCUT2D eigenvalue weighted by Gasteiger charge is 2.35. The fourth-order valence-electron chi connectivity index (χ4n) is 3.53. The number of carbonyl (C=O) groups excluding carboxylic acids is 1. The van der Waals surface area contributed by atoms with E-state index in [1.54, 1.807) is 17.1 Å². The van der Waals surface area contributed by atoms with Gasteiger partial charge in [-0.1, -0.05) is 49.7 Å². The molecule has 2 aliphatic rings. The van der Waals surface area contributed by atoms with E-state index in [9.17, 15) is 9.90 Å². The van der Waals surface area contributed by atoms with Crippen molar-refractivity contribution in [2.45, 2.75) is 32.4 Å². The Bertz CT molecular complexity index is 1170. The summed E-state index contributed by atoms with van der Waals surface area (Å²) in [7, 11) is 1.49. The number of nitrogens with one attached hydrogen (secondary N) is 1. The maximum atomic E-state index is 13.1. The number of hydrogen-bond donors (Lipinski definition) is 2. The molecule has 0 bridgehead atoms. The van der Waals surface area contributed by atoms with Crippen LogP contribution in [0.15, 0.2) is 51.0 Å². The first-order valence-corrected chi connectivity index (χ1v) is 11.9. The molecule has 162 valence electrons. The molecule has 0 fully saturated rings. The Labute approximate surface area is 193 Å². The third kappa shape index (κ3) is 4.29. The van der Waals surface area contributed by atoms with Crippen LogP contribution in [0.5, 0.6) is 11.5 Å². The van der Waals surface area contributed by atoms with Crippen LogP contribution >= 0.6 is 27.7 Å². The lowest BCUT2D eigenvalue weighted by molar-refractivity contribution is -0.116. The maximum absolute atomic E-state index is 13.1. The largest absolute Gasteiger partial charge is 0.503 e. The molecule has 0 radical (unpaired) electrons. The van der Waals surface area contributed by atoms with Gasteiger partial charge in [0.1, 0.15) is 5.70 Å². The first-order valence-electron chi connectivity index (χ1n) is 10.1. The average molecular weight is 503 g/mol. The van der Waals surface area contributed by atoms with E-state index in [0.29, 0.717) is 26.4 Å². The van der Waals surface area contributed by atoms with E-state index in [-0.39, 0.29) is 11.7 Å². The zero-order valence-electron chi connectivity index (χ0n) is 17.3. The van der Waals surface area contributed by atoms with E-state index < -0.39 is 6.17 Å². The van der Waals surface area contributed by atoms with Gasteiger partial charge in [0.15, 0.2) is 22.8 Å². The monoisotopic (exact) mass is 502 g/mol. The van der Waals surface area contributed by atoms with Crippen molar-refractivity contribution in [3.05, 3.63) is 57.0 Å². The maximum Gasteiger partial charge on any atom is 0.276 e. The molecule has 2 aliphatic heterocycles. The topological polar surface area (TPSA) is 86.5 Å². The smallest absolute Gasteiger partial charge is 0.276 e. The van der Waals surface area contributed by atoms with Gasteiger partial charge in [-0.3, -0.25) is 15.1 Å². The van der Waals surface area contributed by atoms with E-state index in [4.69, 9.17) is 14.8 Å². The molecule has 1 unspecified atom stereocenters. The second-order valence-corrected chi connectivity index (χ2v) is 9.12. The van der Waals surface area contributed by atoms with Gasteiger partial charge in [0.2, 0.25) is 0 Å². The number of thioether (sulfide) groups is 1. The Balaban J connectivity index is 1.82. The number of amidine groups is 1. The predicted molar refractivity (Wildman–Crippen MR) is 125 cm³/mol. The van der Waals surface area contributed by atoms with E-state index in [0.717, 1.165) is 35.8 Å². The second-order valence-electron chi connectivity index (χ2n) is 7.18. The minimum absolute atomic E-state index is 0.0127. The number of para-hydroxylation sites is 1. The summed E-state index contributed by atoms with van der Waals surface area (Å²) in [5, 5.41) is 21.6. The Morgan fingerprint density at radius 1 is 1.29 bits per heavy atom. The third-order valence-electron chi connectivity index (χ3n) is 5.07. The number of benzene rings is 2. The second kappa shape index (κ2) is 9.32. The van der Waals surface area contributed by atoms with Gasteiger partial charge >= 0.3 is 0 Å². The van der Waals surface area contributed by atoms with Crippen LogP contribution in [0.1, 0.15) is 37.9 Å². The Morgan fingerprint density at radius 2 is 2.10 bits per heavy atom. The Morgan fingerprint density at radius 3 is 2.87 bits per heavy atom. The van der Waals surface area contributed by atoms with Crippen LogP contribution in [-0.2, 0) is 4.79 Å². The van der Waals surface area contributed by atoms with Crippen LogP contribution in [0, 0.1) is 0 Å². The first-order chi connectivity index (χ1) is 15.0. The van der Waals surface area contributed by atoms with Crippen LogP contribution in [0.2, 0.25) is 0 Å². The quantitative estimate of drug-likeness (QED) is 0.592. The molecule has 0 spiro atoms. The number of carbonyl (C=O) groups is 1.